The molecule has 0 bridgehead atoms. The molecular formula is C22H29FN2O4S. The average molecular weight is 437 g/mol. The zero-order valence-electron chi connectivity index (χ0n) is 17.3. The highest BCUT2D eigenvalue weighted by molar-refractivity contribution is 7.89. The van der Waals surface area contributed by atoms with E-state index in [1.165, 1.54) is 25.3 Å². The standard InChI is InChI=1S/C22H29FN2O4S/c1-15(16-3-7-18(23)8-4-16)24-22(26)17-5-9-19(10-6-17)25-30(27,28)21-13-11-20(29-2)12-14-21/h3-4,7,11-15,17-19,25H,5-6,8-10H2,1-2H3,(H,24,26)/t15-,17?,18?,19?/m1/s1. The fourth-order valence-corrected chi connectivity index (χ4v) is 5.17. The maximum atomic E-state index is 13.2. The van der Waals surface area contributed by atoms with Crippen LogP contribution in [-0.4, -0.2) is 39.7 Å². The number of ether oxygens (including phenoxy) is 1. The molecule has 6 nitrogen and oxygen atoms in total. The predicted molar refractivity (Wildman–Crippen MR) is 113 cm³/mol. The number of hydrogen-bond donors (Lipinski definition) is 2. The van der Waals surface area contributed by atoms with E-state index in [2.05, 4.69) is 10.0 Å². The molecule has 1 amide bonds. The Bertz CT molecular complexity index is 904. The molecule has 0 spiro atoms. The molecule has 2 aliphatic rings. The van der Waals surface area contributed by atoms with E-state index < -0.39 is 16.2 Å². The Morgan fingerprint density at radius 2 is 1.83 bits per heavy atom. The molecule has 2 atom stereocenters. The molecule has 164 valence electrons. The molecule has 3 rings (SSSR count). The van der Waals surface area contributed by atoms with Crippen molar-refractivity contribution in [2.75, 3.05) is 7.11 Å². The molecule has 30 heavy (non-hydrogen) atoms. The number of alkyl halides is 1. The average Bonchev–Trinajstić information content (AvgIpc) is 2.74. The zero-order chi connectivity index (χ0) is 21.7. The number of rotatable bonds is 7. The highest BCUT2D eigenvalue weighted by Gasteiger charge is 2.30. The SMILES string of the molecule is COc1ccc(S(=O)(=O)NC2CCC(C(=O)N[C@H](C)C3=CCC(F)C=C3)CC2)cc1. The Hall–Kier alpha value is -2.19. The summed E-state index contributed by atoms with van der Waals surface area (Å²) in [5, 5.41) is 3.00. The number of amides is 1. The zero-order valence-corrected chi connectivity index (χ0v) is 18.1. The molecule has 1 aromatic rings. The summed E-state index contributed by atoms with van der Waals surface area (Å²) in [6.45, 7) is 1.89. The summed E-state index contributed by atoms with van der Waals surface area (Å²) in [5.74, 6) is 0.422. The van der Waals surface area contributed by atoms with Crippen molar-refractivity contribution < 1.29 is 22.3 Å². The second kappa shape index (κ2) is 9.75. The number of sulfonamides is 1. The van der Waals surface area contributed by atoms with Gasteiger partial charge in [-0.05, 0) is 62.4 Å². The summed E-state index contributed by atoms with van der Waals surface area (Å²) in [4.78, 5) is 12.8. The van der Waals surface area contributed by atoms with Gasteiger partial charge in [0.2, 0.25) is 15.9 Å². The third kappa shape index (κ3) is 5.70. The monoisotopic (exact) mass is 436 g/mol. The van der Waals surface area contributed by atoms with Crippen LogP contribution in [0.15, 0.2) is 53.0 Å². The van der Waals surface area contributed by atoms with Gasteiger partial charge in [0.15, 0.2) is 0 Å². The van der Waals surface area contributed by atoms with Crippen molar-refractivity contribution >= 4 is 15.9 Å². The van der Waals surface area contributed by atoms with Crippen LogP contribution in [0.4, 0.5) is 4.39 Å². The molecule has 0 aromatic heterocycles. The van der Waals surface area contributed by atoms with E-state index in [9.17, 15) is 17.6 Å². The van der Waals surface area contributed by atoms with Crippen molar-refractivity contribution in [2.45, 2.75) is 62.2 Å². The Labute approximate surface area is 177 Å². The van der Waals surface area contributed by atoms with Gasteiger partial charge in [0, 0.05) is 18.4 Å². The molecule has 1 aromatic carbocycles. The van der Waals surface area contributed by atoms with Crippen LogP contribution in [0.5, 0.6) is 5.75 Å². The topological polar surface area (TPSA) is 84.5 Å². The second-order valence-corrected chi connectivity index (χ2v) is 9.60. The van der Waals surface area contributed by atoms with Crippen LogP contribution < -0.4 is 14.8 Å². The lowest BCUT2D eigenvalue weighted by Crippen LogP contribution is -2.43. The minimum absolute atomic E-state index is 0.0318. The van der Waals surface area contributed by atoms with Gasteiger partial charge < -0.3 is 10.1 Å². The smallest absolute Gasteiger partial charge is 0.240 e. The summed E-state index contributed by atoms with van der Waals surface area (Å²) >= 11 is 0. The van der Waals surface area contributed by atoms with Gasteiger partial charge in [-0.15, -0.1) is 0 Å². The predicted octanol–water partition coefficient (Wildman–Crippen LogP) is 3.26. The van der Waals surface area contributed by atoms with Gasteiger partial charge in [0.05, 0.1) is 18.0 Å². The van der Waals surface area contributed by atoms with Gasteiger partial charge in [-0.1, -0.05) is 18.2 Å². The lowest BCUT2D eigenvalue weighted by atomic mass is 9.85. The van der Waals surface area contributed by atoms with Gasteiger partial charge in [0.25, 0.3) is 0 Å². The Morgan fingerprint density at radius 1 is 1.17 bits per heavy atom. The molecule has 1 fully saturated rings. The molecule has 0 radical (unpaired) electrons. The number of methoxy groups -OCH3 is 1. The van der Waals surface area contributed by atoms with Crippen molar-refractivity contribution in [3.05, 3.63) is 48.1 Å². The van der Waals surface area contributed by atoms with Crippen molar-refractivity contribution in [1.82, 2.24) is 10.0 Å². The van der Waals surface area contributed by atoms with Crippen LogP contribution >= 0.6 is 0 Å². The minimum atomic E-state index is -3.61. The maximum absolute atomic E-state index is 13.2. The molecule has 0 aliphatic heterocycles. The van der Waals surface area contributed by atoms with Crippen LogP contribution in [0, 0.1) is 5.92 Å². The van der Waals surface area contributed by atoms with Gasteiger partial charge in [-0.2, -0.15) is 0 Å². The lowest BCUT2D eigenvalue weighted by Gasteiger charge is -2.29. The Kier molecular flexibility index (Phi) is 7.31. The first kappa shape index (κ1) is 22.5. The fraction of sp³-hybridized carbons (Fsp3) is 0.500. The van der Waals surface area contributed by atoms with Gasteiger partial charge in [-0.3, -0.25) is 4.79 Å². The summed E-state index contributed by atoms with van der Waals surface area (Å²) < 4.78 is 46.2. The van der Waals surface area contributed by atoms with E-state index in [4.69, 9.17) is 4.74 Å². The third-order valence-electron chi connectivity index (χ3n) is 5.72. The van der Waals surface area contributed by atoms with E-state index in [0.717, 1.165) is 5.57 Å². The number of carbonyl (C=O) groups excluding carboxylic acids is 1. The first-order valence-corrected chi connectivity index (χ1v) is 11.8. The van der Waals surface area contributed by atoms with E-state index in [1.54, 1.807) is 18.2 Å². The summed E-state index contributed by atoms with van der Waals surface area (Å²) in [6.07, 6.45) is 6.90. The number of benzene rings is 1. The quantitative estimate of drug-likeness (QED) is 0.687. The van der Waals surface area contributed by atoms with Crippen molar-refractivity contribution in [2.24, 2.45) is 5.92 Å². The first-order valence-electron chi connectivity index (χ1n) is 10.3. The normalized spacial score (nSPS) is 25.3. The Balaban J connectivity index is 1.49. The second-order valence-electron chi connectivity index (χ2n) is 7.89. The molecule has 0 heterocycles. The number of halogens is 1. The van der Waals surface area contributed by atoms with E-state index in [-0.39, 0.29) is 28.8 Å². The minimum Gasteiger partial charge on any atom is -0.497 e. The largest absolute Gasteiger partial charge is 0.497 e. The van der Waals surface area contributed by atoms with E-state index in [1.807, 2.05) is 13.0 Å². The van der Waals surface area contributed by atoms with Gasteiger partial charge in [0.1, 0.15) is 11.9 Å². The summed E-state index contributed by atoms with van der Waals surface area (Å²) in [5.41, 5.74) is 0.915. The third-order valence-corrected chi connectivity index (χ3v) is 7.26. The van der Waals surface area contributed by atoms with Gasteiger partial charge in [-0.25, -0.2) is 17.5 Å². The van der Waals surface area contributed by atoms with Crippen LogP contribution in [0.2, 0.25) is 0 Å². The van der Waals surface area contributed by atoms with E-state index in [0.29, 0.717) is 37.9 Å². The molecule has 0 saturated heterocycles. The number of nitrogens with one attached hydrogen (secondary N) is 2. The van der Waals surface area contributed by atoms with E-state index >= 15 is 0 Å². The molecular weight excluding hydrogens is 407 g/mol. The molecule has 1 unspecified atom stereocenters. The fourth-order valence-electron chi connectivity index (χ4n) is 3.86. The Morgan fingerprint density at radius 3 is 2.40 bits per heavy atom. The van der Waals surface area contributed by atoms with Crippen molar-refractivity contribution in [3.8, 4) is 5.75 Å². The van der Waals surface area contributed by atoms with Crippen LogP contribution in [0.3, 0.4) is 0 Å². The van der Waals surface area contributed by atoms with Crippen molar-refractivity contribution in [1.29, 1.82) is 0 Å². The van der Waals surface area contributed by atoms with Crippen LogP contribution in [-0.2, 0) is 14.8 Å². The van der Waals surface area contributed by atoms with Crippen LogP contribution in [0.1, 0.15) is 39.0 Å². The van der Waals surface area contributed by atoms with Gasteiger partial charge >= 0.3 is 0 Å². The van der Waals surface area contributed by atoms with Crippen LogP contribution in [0.25, 0.3) is 0 Å². The summed E-state index contributed by atoms with van der Waals surface area (Å²) in [7, 11) is -2.09. The maximum Gasteiger partial charge on any atom is 0.240 e. The molecule has 2 aliphatic carbocycles. The molecule has 1 saturated carbocycles. The highest BCUT2D eigenvalue weighted by atomic mass is 32.2. The number of carbonyl (C=O) groups is 1. The molecule has 2 N–H and O–H groups in total. The molecule has 8 heteroatoms. The lowest BCUT2D eigenvalue weighted by molar-refractivity contribution is -0.126. The number of allylic oxidation sites excluding steroid dienone is 2. The first-order chi connectivity index (χ1) is 14.3. The summed E-state index contributed by atoms with van der Waals surface area (Å²) in [6, 6.07) is 5.89. The highest BCUT2D eigenvalue weighted by Crippen LogP contribution is 2.27. The van der Waals surface area contributed by atoms with Crippen molar-refractivity contribution in [3.63, 3.8) is 0 Å². The number of hydrogen-bond acceptors (Lipinski definition) is 4.